The lowest BCUT2D eigenvalue weighted by Gasteiger charge is -2.27. The van der Waals surface area contributed by atoms with E-state index in [4.69, 9.17) is 5.73 Å². The van der Waals surface area contributed by atoms with Crippen molar-refractivity contribution in [2.24, 2.45) is 17.6 Å². The normalized spacial score (nSPS) is 14.2. The summed E-state index contributed by atoms with van der Waals surface area (Å²) < 4.78 is 0. The van der Waals surface area contributed by atoms with E-state index in [0.29, 0.717) is 5.56 Å². The average Bonchev–Trinajstić information content (AvgIpc) is 2.87. The second-order valence-electron chi connectivity index (χ2n) is 10.5. The predicted octanol–water partition coefficient (Wildman–Crippen LogP) is 1.75. The van der Waals surface area contributed by atoms with Crippen LogP contribution in [0.2, 0.25) is 0 Å². The first-order valence-electron chi connectivity index (χ1n) is 13.1. The third-order valence-corrected chi connectivity index (χ3v) is 6.21. The number of rotatable bonds is 14. The molecule has 10 heteroatoms. The average molecular weight is 541 g/mol. The minimum Gasteiger partial charge on any atom is -0.508 e. The Bertz CT molecular complexity index is 1100. The van der Waals surface area contributed by atoms with Crippen LogP contribution in [0.5, 0.6) is 5.75 Å². The fourth-order valence-electron chi connectivity index (χ4n) is 4.06. The number of carbonyl (C=O) groups is 4. The van der Waals surface area contributed by atoms with Crippen molar-refractivity contribution < 1.29 is 29.4 Å². The number of amides is 3. The van der Waals surface area contributed by atoms with Crippen molar-refractivity contribution in [3.63, 3.8) is 0 Å². The Morgan fingerprint density at radius 3 is 1.82 bits per heavy atom. The molecule has 0 bridgehead atoms. The van der Waals surface area contributed by atoms with Gasteiger partial charge in [-0.25, -0.2) is 4.79 Å². The number of hydrogen-bond donors (Lipinski definition) is 6. The van der Waals surface area contributed by atoms with Gasteiger partial charge in [0.25, 0.3) is 0 Å². The van der Waals surface area contributed by atoms with E-state index < -0.39 is 47.9 Å². The molecule has 3 amide bonds. The fraction of sp³-hybridized carbons (Fsp3) is 0.448. The Labute approximate surface area is 229 Å². The summed E-state index contributed by atoms with van der Waals surface area (Å²) in [6.45, 7) is 7.11. The molecule has 0 fully saturated rings. The van der Waals surface area contributed by atoms with Crippen molar-refractivity contribution in [3.8, 4) is 5.75 Å². The fourth-order valence-corrected chi connectivity index (χ4v) is 4.06. The van der Waals surface area contributed by atoms with E-state index in [1.165, 1.54) is 12.1 Å². The minimum absolute atomic E-state index is 0.00723. The number of nitrogens with one attached hydrogen (secondary N) is 3. The molecule has 0 saturated carbocycles. The maximum atomic E-state index is 13.5. The number of phenols is 1. The summed E-state index contributed by atoms with van der Waals surface area (Å²) in [5.74, 6) is -3.23. The number of carboxylic acid groups (broad SMARTS) is 1. The first-order valence-corrected chi connectivity index (χ1v) is 13.1. The summed E-state index contributed by atoms with van der Waals surface area (Å²) >= 11 is 0. The summed E-state index contributed by atoms with van der Waals surface area (Å²) in [6.07, 6.45) is 0.607. The van der Waals surface area contributed by atoms with E-state index in [1.807, 2.05) is 44.2 Å². The van der Waals surface area contributed by atoms with Crippen molar-refractivity contribution in [1.29, 1.82) is 0 Å². The number of aliphatic carboxylic acids is 1. The lowest BCUT2D eigenvalue weighted by Crippen LogP contribution is -2.58. The van der Waals surface area contributed by atoms with E-state index in [9.17, 15) is 29.4 Å². The molecule has 2 aromatic rings. The van der Waals surface area contributed by atoms with E-state index in [-0.39, 0.29) is 36.8 Å². The molecule has 39 heavy (non-hydrogen) atoms. The minimum atomic E-state index is -1.17. The number of carbonyl (C=O) groups excluding carboxylic acids is 3. The molecule has 0 saturated heterocycles. The van der Waals surface area contributed by atoms with Crippen LogP contribution in [0.15, 0.2) is 54.6 Å². The first-order chi connectivity index (χ1) is 18.4. The van der Waals surface area contributed by atoms with E-state index in [1.54, 1.807) is 26.0 Å². The standard InChI is InChI=1S/C29H40N4O6/c1-17(2)14-23(28(37)33-25(18(3)4)29(38)39)32-27(36)24(16-20-10-12-21(34)13-11-20)31-26(35)22(30)15-19-8-6-5-7-9-19/h5-13,17-18,22-25,34H,14-16,30H2,1-4H3,(H,31,35)(H,32,36)(H,33,37)(H,38,39). The van der Waals surface area contributed by atoms with Gasteiger partial charge in [0.2, 0.25) is 17.7 Å². The Morgan fingerprint density at radius 2 is 1.28 bits per heavy atom. The second kappa shape index (κ2) is 14.9. The third kappa shape index (κ3) is 10.4. The van der Waals surface area contributed by atoms with Gasteiger partial charge in [-0.1, -0.05) is 70.2 Å². The zero-order valence-electron chi connectivity index (χ0n) is 22.9. The molecule has 10 nitrogen and oxygen atoms in total. The number of benzene rings is 2. The zero-order chi connectivity index (χ0) is 29.1. The smallest absolute Gasteiger partial charge is 0.326 e. The third-order valence-electron chi connectivity index (χ3n) is 6.21. The highest BCUT2D eigenvalue weighted by atomic mass is 16.4. The maximum Gasteiger partial charge on any atom is 0.326 e. The molecule has 4 unspecified atom stereocenters. The van der Waals surface area contributed by atoms with Crippen LogP contribution in [0, 0.1) is 11.8 Å². The number of phenolic OH excluding ortho intramolecular Hbond substituents is 1. The van der Waals surface area contributed by atoms with Crippen LogP contribution in [-0.2, 0) is 32.0 Å². The van der Waals surface area contributed by atoms with Gasteiger partial charge in [-0.2, -0.15) is 0 Å². The molecule has 2 aromatic carbocycles. The summed E-state index contributed by atoms with van der Waals surface area (Å²) in [5, 5.41) is 27.0. The quantitative estimate of drug-likeness (QED) is 0.212. The van der Waals surface area contributed by atoms with E-state index >= 15 is 0 Å². The molecular formula is C29H40N4O6. The van der Waals surface area contributed by atoms with Crippen molar-refractivity contribution in [1.82, 2.24) is 16.0 Å². The Hall–Kier alpha value is -3.92. The summed E-state index contributed by atoms with van der Waals surface area (Å²) in [5.41, 5.74) is 7.68. The summed E-state index contributed by atoms with van der Waals surface area (Å²) in [7, 11) is 0. The highest BCUT2D eigenvalue weighted by Crippen LogP contribution is 2.13. The van der Waals surface area contributed by atoms with Crippen LogP contribution in [0.3, 0.4) is 0 Å². The van der Waals surface area contributed by atoms with Gasteiger partial charge < -0.3 is 31.9 Å². The molecule has 0 radical (unpaired) electrons. The van der Waals surface area contributed by atoms with E-state index in [2.05, 4.69) is 16.0 Å². The van der Waals surface area contributed by atoms with Gasteiger partial charge >= 0.3 is 5.97 Å². The summed E-state index contributed by atoms with van der Waals surface area (Å²) in [6, 6.07) is 11.3. The predicted molar refractivity (Wildman–Crippen MR) is 148 cm³/mol. The lowest BCUT2D eigenvalue weighted by atomic mass is 9.99. The molecule has 0 spiro atoms. The molecule has 0 aliphatic rings. The van der Waals surface area contributed by atoms with Crippen molar-refractivity contribution >= 4 is 23.7 Å². The molecule has 0 aliphatic carbocycles. The SMILES string of the molecule is CC(C)CC(NC(=O)C(Cc1ccc(O)cc1)NC(=O)C(N)Cc1ccccc1)C(=O)NC(C(=O)O)C(C)C. The van der Waals surface area contributed by atoms with Crippen molar-refractivity contribution in [2.75, 3.05) is 0 Å². The van der Waals surface area contributed by atoms with Gasteiger partial charge in [-0.05, 0) is 47.9 Å². The molecular weight excluding hydrogens is 500 g/mol. The Balaban J connectivity index is 2.24. The van der Waals surface area contributed by atoms with Gasteiger partial charge in [0.05, 0.1) is 6.04 Å². The monoisotopic (exact) mass is 540 g/mol. The molecule has 7 N–H and O–H groups in total. The largest absolute Gasteiger partial charge is 0.508 e. The van der Waals surface area contributed by atoms with Crippen molar-refractivity contribution in [3.05, 3.63) is 65.7 Å². The topological polar surface area (TPSA) is 171 Å². The Kier molecular flexibility index (Phi) is 11.9. The number of aromatic hydroxyl groups is 1. The Morgan fingerprint density at radius 1 is 0.744 bits per heavy atom. The number of hydrogen-bond acceptors (Lipinski definition) is 6. The maximum absolute atomic E-state index is 13.5. The van der Waals surface area contributed by atoms with Crippen LogP contribution >= 0.6 is 0 Å². The molecule has 4 atom stereocenters. The zero-order valence-corrected chi connectivity index (χ0v) is 22.9. The van der Waals surface area contributed by atoms with Crippen LogP contribution in [0.4, 0.5) is 0 Å². The van der Waals surface area contributed by atoms with Crippen LogP contribution in [0.25, 0.3) is 0 Å². The highest BCUT2D eigenvalue weighted by molar-refractivity contribution is 5.94. The van der Waals surface area contributed by atoms with Gasteiger partial charge in [0.15, 0.2) is 0 Å². The molecule has 0 heterocycles. The molecule has 212 valence electrons. The van der Waals surface area contributed by atoms with Crippen molar-refractivity contribution in [2.45, 2.75) is 71.1 Å². The second-order valence-corrected chi connectivity index (χ2v) is 10.5. The lowest BCUT2D eigenvalue weighted by molar-refractivity contribution is -0.143. The van der Waals surface area contributed by atoms with Gasteiger partial charge in [0.1, 0.15) is 23.9 Å². The molecule has 0 aromatic heterocycles. The number of carboxylic acids is 1. The van der Waals surface area contributed by atoms with Gasteiger partial charge in [-0.3, -0.25) is 14.4 Å². The van der Waals surface area contributed by atoms with E-state index in [0.717, 1.165) is 5.56 Å². The molecule has 2 rings (SSSR count). The van der Waals surface area contributed by atoms with Crippen LogP contribution < -0.4 is 21.7 Å². The van der Waals surface area contributed by atoms with Crippen LogP contribution in [-0.4, -0.2) is 58.1 Å². The molecule has 0 aliphatic heterocycles. The summed E-state index contributed by atoms with van der Waals surface area (Å²) in [4.78, 5) is 51.1. The van der Waals surface area contributed by atoms with Crippen LogP contribution in [0.1, 0.15) is 45.2 Å². The van der Waals surface area contributed by atoms with Gasteiger partial charge in [-0.15, -0.1) is 0 Å². The highest BCUT2D eigenvalue weighted by Gasteiger charge is 2.31. The number of nitrogens with two attached hydrogens (primary N) is 1. The van der Waals surface area contributed by atoms with Gasteiger partial charge in [0, 0.05) is 6.42 Å². The first kappa shape index (κ1) is 31.3.